The predicted octanol–water partition coefficient (Wildman–Crippen LogP) is 2.52. The maximum Gasteiger partial charge on any atom is 0.305 e. The highest BCUT2D eigenvalue weighted by Gasteiger charge is 2.07. The Hall–Kier alpha value is -1.51. The molecule has 3 heteroatoms. The summed E-state index contributed by atoms with van der Waals surface area (Å²) in [5.74, 6) is 0.529. The minimum Gasteiger partial charge on any atom is -0.508 e. The summed E-state index contributed by atoms with van der Waals surface area (Å²) >= 11 is 0. The van der Waals surface area contributed by atoms with Gasteiger partial charge in [-0.05, 0) is 36.5 Å². The third-order valence-electron chi connectivity index (χ3n) is 2.56. The highest BCUT2D eigenvalue weighted by atomic mass is 16.5. The Kier molecular flexibility index (Phi) is 4.83. The Morgan fingerprint density at radius 1 is 1.50 bits per heavy atom. The lowest BCUT2D eigenvalue weighted by molar-refractivity contribution is -0.140. The summed E-state index contributed by atoms with van der Waals surface area (Å²) in [6.07, 6.45) is 2.13. The fourth-order valence-corrected chi connectivity index (χ4v) is 1.65. The average Bonchev–Trinajstić information content (AvgIpc) is 2.26. The largest absolute Gasteiger partial charge is 0.508 e. The van der Waals surface area contributed by atoms with Crippen LogP contribution in [-0.4, -0.2) is 18.2 Å². The summed E-state index contributed by atoms with van der Waals surface area (Å²) in [6.45, 7) is 2.09. The van der Waals surface area contributed by atoms with E-state index in [0.29, 0.717) is 12.3 Å². The number of phenols is 1. The van der Waals surface area contributed by atoms with E-state index in [-0.39, 0.29) is 11.7 Å². The van der Waals surface area contributed by atoms with Gasteiger partial charge in [-0.1, -0.05) is 19.1 Å². The molecule has 0 amide bonds. The molecule has 0 radical (unpaired) electrons. The highest BCUT2D eigenvalue weighted by molar-refractivity contribution is 5.69. The lowest BCUT2D eigenvalue weighted by atomic mass is 9.96. The zero-order chi connectivity index (χ0) is 12.0. The number of methoxy groups -OCH3 is 1. The lowest BCUT2D eigenvalue weighted by Gasteiger charge is -2.10. The summed E-state index contributed by atoms with van der Waals surface area (Å²) < 4.78 is 4.59. The molecule has 0 unspecified atom stereocenters. The zero-order valence-corrected chi connectivity index (χ0v) is 9.77. The Balaban J connectivity index is 2.39. The third kappa shape index (κ3) is 4.34. The van der Waals surface area contributed by atoms with Crippen molar-refractivity contribution in [3.05, 3.63) is 29.8 Å². The van der Waals surface area contributed by atoms with Crippen LogP contribution in [0.3, 0.4) is 0 Å². The van der Waals surface area contributed by atoms with Crippen molar-refractivity contribution in [2.24, 2.45) is 5.92 Å². The Morgan fingerprint density at radius 3 is 2.88 bits per heavy atom. The number of phenolic OH excluding ortho intramolecular Hbond substituents is 1. The first-order valence-corrected chi connectivity index (χ1v) is 5.46. The molecule has 3 nitrogen and oxygen atoms in total. The van der Waals surface area contributed by atoms with Crippen LogP contribution in [0.4, 0.5) is 0 Å². The van der Waals surface area contributed by atoms with Gasteiger partial charge in [0.25, 0.3) is 0 Å². The van der Waals surface area contributed by atoms with E-state index in [1.54, 1.807) is 12.1 Å². The number of carbonyl (C=O) groups excluding carboxylic acids is 1. The van der Waals surface area contributed by atoms with Crippen molar-refractivity contribution in [3.8, 4) is 5.75 Å². The molecule has 0 spiro atoms. The van der Waals surface area contributed by atoms with Gasteiger partial charge in [-0.3, -0.25) is 4.79 Å². The number of aromatic hydroxyl groups is 1. The molecule has 0 bridgehead atoms. The van der Waals surface area contributed by atoms with Crippen LogP contribution in [0, 0.1) is 5.92 Å². The fraction of sp³-hybridized carbons (Fsp3) is 0.462. The predicted molar refractivity (Wildman–Crippen MR) is 62.2 cm³/mol. The summed E-state index contributed by atoms with van der Waals surface area (Å²) in [5.41, 5.74) is 1.09. The minimum atomic E-state index is -0.164. The van der Waals surface area contributed by atoms with E-state index in [4.69, 9.17) is 0 Å². The van der Waals surface area contributed by atoms with Gasteiger partial charge in [-0.25, -0.2) is 0 Å². The maximum atomic E-state index is 11.0. The van der Waals surface area contributed by atoms with Crippen LogP contribution in [0.25, 0.3) is 0 Å². The number of hydrogen-bond acceptors (Lipinski definition) is 3. The number of rotatable bonds is 5. The van der Waals surface area contributed by atoms with Gasteiger partial charge < -0.3 is 9.84 Å². The second-order valence-corrected chi connectivity index (χ2v) is 4.09. The van der Waals surface area contributed by atoms with Crippen LogP contribution in [0.15, 0.2) is 24.3 Å². The summed E-state index contributed by atoms with van der Waals surface area (Å²) in [7, 11) is 1.40. The number of carbonyl (C=O) groups is 1. The number of benzene rings is 1. The van der Waals surface area contributed by atoms with Crippen LogP contribution >= 0.6 is 0 Å². The van der Waals surface area contributed by atoms with Gasteiger partial charge in [0, 0.05) is 6.42 Å². The molecular weight excluding hydrogens is 204 g/mol. The van der Waals surface area contributed by atoms with Crippen LogP contribution in [0.5, 0.6) is 5.75 Å². The molecule has 0 saturated heterocycles. The van der Waals surface area contributed by atoms with Crippen molar-refractivity contribution >= 4 is 5.97 Å². The van der Waals surface area contributed by atoms with E-state index in [1.165, 1.54) is 7.11 Å². The zero-order valence-electron chi connectivity index (χ0n) is 9.77. The molecule has 1 atom stereocenters. The van der Waals surface area contributed by atoms with E-state index in [1.807, 2.05) is 12.1 Å². The minimum absolute atomic E-state index is 0.164. The maximum absolute atomic E-state index is 11.0. The van der Waals surface area contributed by atoms with Crippen molar-refractivity contribution in [1.82, 2.24) is 0 Å². The molecule has 0 aliphatic carbocycles. The molecule has 1 rings (SSSR count). The average molecular weight is 222 g/mol. The van der Waals surface area contributed by atoms with E-state index in [9.17, 15) is 9.90 Å². The topological polar surface area (TPSA) is 46.5 Å². The Labute approximate surface area is 96.1 Å². The Bertz CT molecular complexity index is 347. The second-order valence-electron chi connectivity index (χ2n) is 4.09. The van der Waals surface area contributed by atoms with E-state index in [0.717, 1.165) is 18.4 Å². The van der Waals surface area contributed by atoms with E-state index in [2.05, 4.69) is 11.7 Å². The van der Waals surface area contributed by atoms with Gasteiger partial charge in [0.1, 0.15) is 5.75 Å². The van der Waals surface area contributed by atoms with Crippen LogP contribution in [0.2, 0.25) is 0 Å². The molecule has 1 N–H and O–H groups in total. The van der Waals surface area contributed by atoms with Gasteiger partial charge >= 0.3 is 5.97 Å². The second kappa shape index (κ2) is 6.16. The lowest BCUT2D eigenvalue weighted by Crippen LogP contribution is -2.06. The molecular formula is C13H18O3. The first kappa shape index (κ1) is 12.6. The molecule has 88 valence electrons. The van der Waals surface area contributed by atoms with Crippen molar-refractivity contribution in [1.29, 1.82) is 0 Å². The van der Waals surface area contributed by atoms with Gasteiger partial charge in [-0.15, -0.1) is 0 Å². The molecule has 0 aromatic heterocycles. The molecule has 0 aliphatic heterocycles. The number of hydrogen-bond donors (Lipinski definition) is 1. The normalized spacial score (nSPS) is 12.1. The quantitative estimate of drug-likeness (QED) is 0.779. The van der Waals surface area contributed by atoms with E-state index >= 15 is 0 Å². The number of ether oxygens (including phenoxy) is 1. The summed E-state index contributed by atoms with van der Waals surface area (Å²) in [5, 5.41) is 9.31. The SMILES string of the molecule is COC(=O)CC[C@@H](C)Cc1cccc(O)c1. The van der Waals surface area contributed by atoms with E-state index < -0.39 is 0 Å². The molecule has 1 aromatic carbocycles. The van der Waals surface area contributed by atoms with Gasteiger partial charge in [0.2, 0.25) is 0 Å². The highest BCUT2D eigenvalue weighted by Crippen LogP contribution is 2.17. The third-order valence-corrected chi connectivity index (χ3v) is 2.56. The number of esters is 1. The van der Waals surface area contributed by atoms with Gasteiger partial charge in [0.15, 0.2) is 0 Å². The molecule has 0 saturated carbocycles. The van der Waals surface area contributed by atoms with Crippen LogP contribution in [-0.2, 0) is 16.0 Å². The summed E-state index contributed by atoms with van der Waals surface area (Å²) in [4.78, 5) is 11.0. The van der Waals surface area contributed by atoms with Crippen molar-refractivity contribution < 1.29 is 14.6 Å². The van der Waals surface area contributed by atoms with Crippen LogP contribution < -0.4 is 0 Å². The molecule has 1 aromatic rings. The van der Waals surface area contributed by atoms with Crippen molar-refractivity contribution in [2.75, 3.05) is 7.11 Å². The van der Waals surface area contributed by atoms with Crippen molar-refractivity contribution in [2.45, 2.75) is 26.2 Å². The Morgan fingerprint density at radius 2 is 2.25 bits per heavy atom. The summed E-state index contributed by atoms with van der Waals surface area (Å²) in [6, 6.07) is 7.23. The monoisotopic (exact) mass is 222 g/mol. The molecule has 16 heavy (non-hydrogen) atoms. The smallest absolute Gasteiger partial charge is 0.305 e. The molecule has 0 aliphatic rings. The van der Waals surface area contributed by atoms with Crippen molar-refractivity contribution in [3.63, 3.8) is 0 Å². The standard InChI is InChI=1S/C13H18O3/c1-10(6-7-13(15)16-2)8-11-4-3-5-12(14)9-11/h3-5,9-10,14H,6-8H2,1-2H3/t10-/m1/s1. The molecule has 0 heterocycles. The molecule has 0 fully saturated rings. The fourth-order valence-electron chi connectivity index (χ4n) is 1.65. The van der Waals surface area contributed by atoms with Gasteiger partial charge in [0.05, 0.1) is 7.11 Å². The van der Waals surface area contributed by atoms with Gasteiger partial charge in [-0.2, -0.15) is 0 Å². The van der Waals surface area contributed by atoms with Crippen LogP contribution in [0.1, 0.15) is 25.3 Å². The first-order valence-electron chi connectivity index (χ1n) is 5.46. The first-order chi connectivity index (χ1) is 7.61.